The molecule has 2 rings (SSSR count). The Morgan fingerprint density at radius 1 is 1.40 bits per heavy atom. The number of hydrogen-bond donors (Lipinski definition) is 2. The van der Waals surface area contributed by atoms with Crippen LogP contribution in [0.4, 0.5) is 0 Å². The van der Waals surface area contributed by atoms with E-state index in [2.05, 4.69) is 21.4 Å². The summed E-state index contributed by atoms with van der Waals surface area (Å²) >= 11 is 1.37. The van der Waals surface area contributed by atoms with Crippen molar-refractivity contribution in [3.8, 4) is 6.07 Å². The maximum absolute atomic E-state index is 12.2. The maximum Gasteiger partial charge on any atom is 0.254 e. The predicted octanol–water partition coefficient (Wildman–Crippen LogP) is 2.48. The van der Waals surface area contributed by atoms with Gasteiger partial charge in [-0.25, -0.2) is 4.98 Å². The van der Waals surface area contributed by atoms with E-state index < -0.39 is 0 Å². The minimum Gasteiger partial charge on any atom is -0.350 e. The number of H-pyrrole nitrogens is 1. The average Bonchev–Trinajstić information content (AvgIpc) is 2.60. The zero-order valence-electron chi connectivity index (χ0n) is 14.4. The molecule has 1 aromatic carbocycles. The van der Waals surface area contributed by atoms with Crippen LogP contribution in [0, 0.1) is 18.3 Å². The Morgan fingerprint density at radius 3 is 2.64 bits per heavy atom. The van der Waals surface area contributed by atoms with Crippen LogP contribution in [-0.2, 0) is 11.2 Å². The monoisotopic (exact) mass is 356 g/mol. The summed E-state index contributed by atoms with van der Waals surface area (Å²) < 4.78 is 0. The van der Waals surface area contributed by atoms with Gasteiger partial charge in [0.15, 0.2) is 5.16 Å². The van der Waals surface area contributed by atoms with Gasteiger partial charge in [0.1, 0.15) is 0 Å². The smallest absolute Gasteiger partial charge is 0.254 e. The first-order chi connectivity index (χ1) is 11.9. The number of carbonyl (C=O) groups is 1. The highest BCUT2D eigenvalue weighted by molar-refractivity contribution is 7.98. The van der Waals surface area contributed by atoms with Gasteiger partial charge in [-0.1, -0.05) is 23.9 Å². The van der Waals surface area contributed by atoms with Crippen LogP contribution in [0.2, 0.25) is 0 Å². The number of amides is 1. The first-order valence-electron chi connectivity index (χ1n) is 7.87. The molecule has 1 heterocycles. The summed E-state index contributed by atoms with van der Waals surface area (Å²) in [6.45, 7) is 3.66. The van der Waals surface area contributed by atoms with E-state index in [1.54, 1.807) is 19.1 Å². The van der Waals surface area contributed by atoms with Crippen molar-refractivity contribution in [1.82, 2.24) is 15.3 Å². The lowest BCUT2D eigenvalue weighted by atomic mass is 10.1. The van der Waals surface area contributed by atoms with Gasteiger partial charge in [-0.05, 0) is 44.2 Å². The minimum atomic E-state index is -0.190. The Hall–Kier alpha value is -2.59. The van der Waals surface area contributed by atoms with E-state index in [1.807, 2.05) is 25.3 Å². The number of rotatable bonds is 6. The number of nitriles is 1. The van der Waals surface area contributed by atoms with Gasteiger partial charge in [0.2, 0.25) is 5.91 Å². The third-order valence-corrected chi connectivity index (χ3v) is 4.49. The Balaban J connectivity index is 1.96. The Bertz CT molecular complexity index is 853. The molecule has 2 aromatic rings. The van der Waals surface area contributed by atoms with Gasteiger partial charge in [0.05, 0.1) is 17.7 Å². The highest BCUT2D eigenvalue weighted by Gasteiger charge is 2.13. The van der Waals surface area contributed by atoms with Crippen LogP contribution in [0.5, 0.6) is 0 Å². The van der Waals surface area contributed by atoms with Gasteiger partial charge in [-0.2, -0.15) is 5.26 Å². The maximum atomic E-state index is 12.2. The van der Waals surface area contributed by atoms with E-state index in [0.29, 0.717) is 28.4 Å². The normalized spacial score (nSPS) is 11.6. The van der Waals surface area contributed by atoms with Gasteiger partial charge < -0.3 is 10.3 Å². The molecule has 1 atom stereocenters. The van der Waals surface area contributed by atoms with E-state index in [1.165, 1.54) is 11.8 Å². The SMILES string of the molecule is CSc1nc(C)c(CCC(=O)NC(C)c2ccc(C#N)cc2)c(=O)[nH]1. The third-order valence-electron chi connectivity index (χ3n) is 3.91. The van der Waals surface area contributed by atoms with Crippen molar-refractivity contribution in [2.24, 2.45) is 0 Å². The number of nitrogens with one attached hydrogen (secondary N) is 2. The van der Waals surface area contributed by atoms with Crippen molar-refractivity contribution in [3.05, 3.63) is 57.0 Å². The zero-order valence-corrected chi connectivity index (χ0v) is 15.2. The molecule has 25 heavy (non-hydrogen) atoms. The molecule has 0 aliphatic heterocycles. The van der Waals surface area contributed by atoms with Gasteiger partial charge in [0.25, 0.3) is 5.56 Å². The summed E-state index contributed by atoms with van der Waals surface area (Å²) in [5.74, 6) is -0.135. The molecule has 0 fully saturated rings. The molecule has 130 valence electrons. The molecule has 0 saturated heterocycles. The van der Waals surface area contributed by atoms with Crippen molar-refractivity contribution in [2.75, 3.05) is 6.26 Å². The second kappa shape index (κ2) is 8.49. The van der Waals surface area contributed by atoms with E-state index in [0.717, 1.165) is 5.56 Å². The molecule has 6 nitrogen and oxygen atoms in total. The number of thioether (sulfide) groups is 1. The fourth-order valence-electron chi connectivity index (χ4n) is 2.46. The summed E-state index contributed by atoms with van der Waals surface area (Å²) in [7, 11) is 0. The fourth-order valence-corrected chi connectivity index (χ4v) is 2.88. The predicted molar refractivity (Wildman–Crippen MR) is 97.4 cm³/mol. The number of hydrogen-bond acceptors (Lipinski definition) is 5. The lowest BCUT2D eigenvalue weighted by Crippen LogP contribution is -2.28. The van der Waals surface area contributed by atoms with E-state index in [9.17, 15) is 9.59 Å². The van der Waals surface area contributed by atoms with Crippen LogP contribution in [0.3, 0.4) is 0 Å². The first kappa shape index (κ1) is 18.7. The van der Waals surface area contributed by atoms with Crippen LogP contribution in [0.15, 0.2) is 34.2 Å². The molecule has 1 unspecified atom stereocenters. The first-order valence-corrected chi connectivity index (χ1v) is 9.10. The number of aryl methyl sites for hydroxylation is 1. The van der Waals surface area contributed by atoms with Crippen molar-refractivity contribution in [2.45, 2.75) is 37.9 Å². The Kier molecular flexibility index (Phi) is 6.37. The molecular weight excluding hydrogens is 336 g/mol. The topological polar surface area (TPSA) is 98.6 Å². The number of aromatic nitrogens is 2. The molecule has 1 amide bonds. The largest absolute Gasteiger partial charge is 0.350 e. The van der Waals surface area contributed by atoms with Crippen molar-refractivity contribution >= 4 is 17.7 Å². The van der Waals surface area contributed by atoms with Crippen LogP contribution < -0.4 is 10.9 Å². The molecule has 0 spiro atoms. The van der Waals surface area contributed by atoms with Crippen LogP contribution in [0.1, 0.15) is 41.8 Å². The molecule has 0 bridgehead atoms. The molecule has 0 aliphatic rings. The van der Waals surface area contributed by atoms with E-state index in [4.69, 9.17) is 5.26 Å². The second-order valence-corrected chi connectivity index (χ2v) is 6.46. The lowest BCUT2D eigenvalue weighted by Gasteiger charge is -2.14. The van der Waals surface area contributed by atoms with E-state index >= 15 is 0 Å². The molecule has 0 radical (unpaired) electrons. The van der Waals surface area contributed by atoms with Crippen molar-refractivity contribution < 1.29 is 4.79 Å². The lowest BCUT2D eigenvalue weighted by molar-refractivity contribution is -0.121. The highest BCUT2D eigenvalue weighted by Crippen LogP contribution is 2.14. The Morgan fingerprint density at radius 2 is 2.08 bits per heavy atom. The average molecular weight is 356 g/mol. The minimum absolute atomic E-state index is 0.135. The Labute approximate surface area is 150 Å². The van der Waals surface area contributed by atoms with Gasteiger partial charge in [-0.3, -0.25) is 9.59 Å². The zero-order chi connectivity index (χ0) is 18.4. The second-order valence-electron chi connectivity index (χ2n) is 5.66. The molecule has 0 saturated carbocycles. The van der Waals surface area contributed by atoms with Crippen LogP contribution in [0.25, 0.3) is 0 Å². The number of nitrogens with zero attached hydrogens (tertiary/aromatic N) is 2. The summed E-state index contributed by atoms with van der Waals surface area (Å²) in [4.78, 5) is 31.2. The molecule has 2 N–H and O–H groups in total. The summed E-state index contributed by atoms with van der Waals surface area (Å²) in [5, 5.41) is 12.3. The highest BCUT2D eigenvalue weighted by atomic mass is 32.2. The summed E-state index contributed by atoms with van der Waals surface area (Å²) in [5.41, 5.74) is 2.51. The number of aromatic amines is 1. The van der Waals surface area contributed by atoms with Gasteiger partial charge in [0, 0.05) is 17.7 Å². The third kappa shape index (κ3) is 4.94. The standard InChI is InChI=1S/C18H20N4O2S/c1-11(14-6-4-13(10-19)5-7-14)20-16(23)9-8-15-12(2)21-18(25-3)22-17(15)24/h4-7,11H,8-9H2,1-3H3,(H,20,23)(H,21,22,24). The summed E-state index contributed by atoms with van der Waals surface area (Å²) in [6, 6.07) is 8.98. The van der Waals surface area contributed by atoms with Gasteiger partial charge >= 0.3 is 0 Å². The van der Waals surface area contributed by atoms with Crippen molar-refractivity contribution in [3.63, 3.8) is 0 Å². The molecular formula is C18H20N4O2S. The molecule has 0 aliphatic carbocycles. The van der Waals surface area contributed by atoms with Crippen LogP contribution >= 0.6 is 11.8 Å². The number of benzene rings is 1. The molecule has 1 aromatic heterocycles. The summed E-state index contributed by atoms with van der Waals surface area (Å²) in [6.07, 6.45) is 2.40. The quantitative estimate of drug-likeness (QED) is 0.612. The van der Waals surface area contributed by atoms with Crippen molar-refractivity contribution in [1.29, 1.82) is 5.26 Å². The van der Waals surface area contributed by atoms with E-state index in [-0.39, 0.29) is 23.9 Å². The fraction of sp³-hybridized carbons (Fsp3) is 0.333. The van der Waals surface area contributed by atoms with Crippen LogP contribution in [-0.4, -0.2) is 22.1 Å². The molecule has 7 heteroatoms. The number of carbonyl (C=O) groups excluding carboxylic acids is 1. The van der Waals surface area contributed by atoms with Gasteiger partial charge in [-0.15, -0.1) is 0 Å².